The summed E-state index contributed by atoms with van der Waals surface area (Å²) in [7, 11) is -2.63. The van der Waals surface area contributed by atoms with Gasteiger partial charge < -0.3 is 0 Å². The van der Waals surface area contributed by atoms with Crippen molar-refractivity contribution in [2.75, 3.05) is 0 Å². The minimum Gasteiger partial charge on any atom is -0.0620 e. The minimum atomic E-state index is -0.877. The van der Waals surface area contributed by atoms with Gasteiger partial charge >= 0.3 is 19.5 Å². The van der Waals surface area contributed by atoms with Crippen LogP contribution in [0.2, 0.25) is 0 Å². The number of hydrogen-bond donors (Lipinski definition) is 0. The van der Waals surface area contributed by atoms with E-state index in [1.807, 2.05) is 0 Å². The first-order valence-electron chi connectivity index (χ1n) is 19.4. The zero-order valence-corrected chi connectivity index (χ0v) is 37.9. The zero-order valence-electron chi connectivity index (χ0n) is 32.5. The van der Waals surface area contributed by atoms with Gasteiger partial charge in [0.05, 0.1) is 23.8 Å². The molecule has 9 aromatic carbocycles. The number of hydrogen-bond acceptors (Lipinski definition) is 0. The van der Waals surface area contributed by atoms with Crippen LogP contribution in [0.25, 0.3) is 0 Å². The third-order valence-electron chi connectivity index (χ3n) is 9.56. The second-order valence-corrected chi connectivity index (χ2v) is 20.9. The summed E-state index contributed by atoms with van der Waals surface area (Å²) in [5.74, 6) is 0. The van der Waals surface area contributed by atoms with Gasteiger partial charge in [0.15, 0.2) is 0 Å². The van der Waals surface area contributed by atoms with Crippen molar-refractivity contribution >= 4 is 71.5 Å². The predicted molar refractivity (Wildman–Crippen MR) is 265 cm³/mol. The van der Waals surface area contributed by atoms with Crippen LogP contribution in [0.15, 0.2) is 273 Å². The normalized spacial score (nSPS) is 10.4. The van der Waals surface area contributed by atoms with E-state index in [0.717, 1.165) is 0 Å². The van der Waals surface area contributed by atoms with Gasteiger partial charge in [-0.25, -0.2) is 0 Å². The van der Waals surface area contributed by atoms with E-state index in [1.165, 1.54) is 47.7 Å². The largest absolute Gasteiger partial charge is 0.102 e. The smallest absolute Gasteiger partial charge is 0.0620 e. The molecule has 0 amide bonds. The van der Waals surface area contributed by atoms with Crippen molar-refractivity contribution in [1.29, 1.82) is 0 Å². The molecule has 0 saturated heterocycles. The maximum atomic E-state index is 2.24. The fraction of sp³-hybridized carbons (Fsp3) is 0. The van der Waals surface area contributed by atoms with Crippen molar-refractivity contribution in [2.45, 2.75) is 0 Å². The Balaban J connectivity index is 0.000000145. The molecule has 9 aromatic rings. The summed E-state index contributed by atoms with van der Waals surface area (Å²) in [6, 6.07) is 97.5. The SMILES string of the molecule is [RuH4].c1ccc([PH+](c2ccccc2)c2ccccc2)cc1.c1ccc([PH+](c2ccccc2)c2ccccc2)cc1.c1ccc([PH+](c2ccccc2)c2ccccc2)cc1. The Hall–Kier alpha value is -5.11. The van der Waals surface area contributed by atoms with Gasteiger partial charge in [0.2, 0.25) is 0 Å². The summed E-state index contributed by atoms with van der Waals surface area (Å²) in [6.45, 7) is 0. The Morgan fingerprint density at radius 2 is 0.224 bits per heavy atom. The summed E-state index contributed by atoms with van der Waals surface area (Å²) >= 11 is 0. The van der Waals surface area contributed by atoms with Crippen LogP contribution in [0.1, 0.15) is 0 Å². The van der Waals surface area contributed by atoms with Gasteiger partial charge in [-0.05, 0) is 109 Å². The molecule has 9 rings (SSSR count). The van der Waals surface area contributed by atoms with Gasteiger partial charge in [-0.15, -0.1) is 0 Å². The van der Waals surface area contributed by atoms with Crippen LogP contribution in [0, 0.1) is 0 Å². The van der Waals surface area contributed by atoms with Crippen LogP contribution in [-0.2, 0) is 19.5 Å². The van der Waals surface area contributed by atoms with E-state index in [-0.39, 0.29) is 19.5 Å². The zero-order chi connectivity index (χ0) is 38.7. The molecule has 0 heterocycles. The maximum absolute atomic E-state index is 2.24. The monoisotopic (exact) mass is 895 g/mol. The van der Waals surface area contributed by atoms with Crippen molar-refractivity contribution in [2.24, 2.45) is 0 Å². The van der Waals surface area contributed by atoms with Crippen LogP contribution in [0.4, 0.5) is 0 Å². The first-order valence-corrected chi connectivity index (χ1v) is 23.9. The predicted octanol–water partition coefficient (Wildman–Crippen LogP) is 8.46. The molecule has 0 N–H and O–H groups in total. The molecule has 0 saturated carbocycles. The van der Waals surface area contributed by atoms with Crippen LogP contribution >= 0.6 is 23.8 Å². The standard InChI is InChI=1S/3C18H15P.Ru.4H/c3*1-4-10-16(11-5-1)19(17-12-6-2-7-13-17)18-14-8-3-9-15-18;;;;;/h3*1-15H;;;;;/p+3. The molecule has 0 fully saturated rings. The van der Waals surface area contributed by atoms with Crippen LogP contribution in [0.3, 0.4) is 0 Å². The molecule has 0 bridgehead atoms. The molecule has 58 heavy (non-hydrogen) atoms. The van der Waals surface area contributed by atoms with E-state index in [9.17, 15) is 0 Å². The topological polar surface area (TPSA) is 0 Å². The van der Waals surface area contributed by atoms with Gasteiger partial charge in [0.25, 0.3) is 0 Å². The van der Waals surface area contributed by atoms with Crippen molar-refractivity contribution in [3.63, 3.8) is 0 Å². The van der Waals surface area contributed by atoms with Crippen molar-refractivity contribution < 1.29 is 19.5 Å². The molecule has 4 heteroatoms. The van der Waals surface area contributed by atoms with Gasteiger partial charge in [-0.1, -0.05) is 164 Å². The van der Waals surface area contributed by atoms with Crippen molar-refractivity contribution in [3.05, 3.63) is 273 Å². The van der Waals surface area contributed by atoms with Crippen LogP contribution in [0.5, 0.6) is 0 Å². The van der Waals surface area contributed by atoms with E-state index in [4.69, 9.17) is 0 Å². The van der Waals surface area contributed by atoms with Gasteiger partial charge in [0, 0.05) is 0 Å². The molecular formula is C54H52P3Ru+3. The molecule has 288 valence electrons. The molecule has 0 radical (unpaired) electrons. The van der Waals surface area contributed by atoms with Crippen molar-refractivity contribution in [3.8, 4) is 0 Å². The molecule has 0 nitrogen and oxygen atoms in total. The Morgan fingerprint density at radius 1 is 0.138 bits per heavy atom. The van der Waals surface area contributed by atoms with E-state index >= 15 is 0 Å². The summed E-state index contributed by atoms with van der Waals surface area (Å²) in [4.78, 5) is 0. The third-order valence-corrected chi connectivity index (χ3v) is 17.8. The summed E-state index contributed by atoms with van der Waals surface area (Å²) in [5, 5.41) is 12.9. The molecular weight excluding hydrogens is 843 g/mol. The summed E-state index contributed by atoms with van der Waals surface area (Å²) in [5.41, 5.74) is 0. The molecule has 0 aromatic heterocycles. The van der Waals surface area contributed by atoms with E-state index < -0.39 is 23.8 Å². The number of rotatable bonds is 9. The quantitative estimate of drug-likeness (QED) is 0.101. The molecule has 0 atom stereocenters. The van der Waals surface area contributed by atoms with E-state index in [2.05, 4.69) is 273 Å². The second-order valence-electron chi connectivity index (χ2n) is 13.4. The first kappa shape index (κ1) is 42.5. The molecule has 0 aliphatic rings. The number of benzene rings is 9. The Morgan fingerprint density at radius 3 is 0.310 bits per heavy atom. The van der Waals surface area contributed by atoms with Crippen LogP contribution < -0.4 is 47.7 Å². The Kier molecular flexibility index (Phi) is 17.1. The third kappa shape index (κ3) is 12.0. The van der Waals surface area contributed by atoms with Crippen LogP contribution in [-0.4, -0.2) is 0 Å². The Bertz CT molecular complexity index is 1860. The molecule has 0 aliphatic carbocycles. The van der Waals surface area contributed by atoms with Gasteiger partial charge in [-0.2, -0.15) is 0 Å². The minimum absolute atomic E-state index is 0. The van der Waals surface area contributed by atoms with E-state index in [0.29, 0.717) is 0 Å². The maximum Gasteiger partial charge on any atom is 0.102 e. The molecule has 0 aliphatic heterocycles. The fourth-order valence-corrected chi connectivity index (χ4v) is 14.7. The van der Waals surface area contributed by atoms with E-state index in [1.54, 1.807) is 0 Å². The van der Waals surface area contributed by atoms with Crippen molar-refractivity contribution in [1.82, 2.24) is 0 Å². The first-order chi connectivity index (χ1) is 28.3. The summed E-state index contributed by atoms with van der Waals surface area (Å²) < 4.78 is 0. The Labute approximate surface area is 361 Å². The second kappa shape index (κ2) is 23.3. The molecule has 0 unspecified atom stereocenters. The molecule has 0 spiro atoms. The van der Waals surface area contributed by atoms with Gasteiger partial charge in [0.1, 0.15) is 47.7 Å². The summed E-state index contributed by atoms with van der Waals surface area (Å²) in [6.07, 6.45) is 0. The average molecular weight is 895 g/mol. The fourth-order valence-electron chi connectivity index (χ4n) is 6.94. The average Bonchev–Trinajstić information content (AvgIpc) is 3.30. The van der Waals surface area contributed by atoms with Gasteiger partial charge in [-0.3, -0.25) is 0 Å².